The maximum atomic E-state index is 12.4. The third kappa shape index (κ3) is 3.31. The van der Waals surface area contributed by atoms with Crippen LogP contribution in [0.3, 0.4) is 0 Å². The van der Waals surface area contributed by atoms with Crippen molar-refractivity contribution in [1.82, 2.24) is 4.90 Å². The third-order valence-corrected chi connectivity index (χ3v) is 4.24. The summed E-state index contributed by atoms with van der Waals surface area (Å²) in [7, 11) is 0. The molecule has 0 aliphatic carbocycles. The van der Waals surface area contributed by atoms with E-state index in [9.17, 15) is 14.4 Å². The van der Waals surface area contributed by atoms with Crippen LogP contribution in [-0.4, -0.2) is 29.4 Å². The lowest BCUT2D eigenvalue weighted by Gasteiger charge is -2.24. The predicted molar refractivity (Wildman–Crippen MR) is 91.8 cm³/mol. The van der Waals surface area contributed by atoms with Crippen molar-refractivity contribution in [3.63, 3.8) is 0 Å². The Kier molecular flexibility index (Phi) is 4.40. The second kappa shape index (κ2) is 6.51. The van der Waals surface area contributed by atoms with E-state index in [1.807, 2.05) is 30.3 Å². The summed E-state index contributed by atoms with van der Waals surface area (Å²) in [6.07, 6.45) is 0.509. The van der Waals surface area contributed by atoms with Crippen LogP contribution in [0.5, 0.6) is 0 Å². The molecular formula is C20H19NO4. The second-order valence-corrected chi connectivity index (χ2v) is 6.69. The molecule has 0 saturated heterocycles. The molecule has 2 aromatic carbocycles. The van der Waals surface area contributed by atoms with Gasteiger partial charge < -0.3 is 4.74 Å². The highest BCUT2D eigenvalue weighted by atomic mass is 16.5. The van der Waals surface area contributed by atoms with Gasteiger partial charge in [-0.25, -0.2) is 4.90 Å². The molecule has 25 heavy (non-hydrogen) atoms. The Morgan fingerprint density at radius 1 is 0.920 bits per heavy atom. The van der Waals surface area contributed by atoms with Crippen LogP contribution in [0.25, 0.3) is 0 Å². The molecule has 1 aliphatic rings. The molecular weight excluding hydrogens is 318 g/mol. The number of hydrogen-bond acceptors (Lipinski definition) is 4. The van der Waals surface area contributed by atoms with Crippen LogP contribution in [0, 0.1) is 5.41 Å². The Balaban J connectivity index is 1.65. The van der Waals surface area contributed by atoms with Crippen LogP contribution in [0.4, 0.5) is 0 Å². The van der Waals surface area contributed by atoms with Gasteiger partial charge in [0.25, 0.3) is 11.8 Å². The van der Waals surface area contributed by atoms with E-state index in [2.05, 4.69) is 0 Å². The second-order valence-electron chi connectivity index (χ2n) is 6.69. The minimum atomic E-state index is -0.764. The molecule has 0 bridgehead atoms. The standard InChI is InChI=1S/C20H19NO4/c1-20(2,12-14-8-4-3-5-9-14)19(24)25-13-21-17(22)15-10-6-7-11-16(15)18(21)23/h3-11H,12-13H2,1-2H3. The fourth-order valence-electron chi connectivity index (χ4n) is 2.85. The topological polar surface area (TPSA) is 63.7 Å². The van der Waals surface area contributed by atoms with Crippen molar-refractivity contribution in [2.45, 2.75) is 20.3 Å². The highest BCUT2D eigenvalue weighted by molar-refractivity contribution is 6.21. The average Bonchev–Trinajstić information content (AvgIpc) is 2.84. The molecule has 0 saturated carbocycles. The predicted octanol–water partition coefficient (Wildman–Crippen LogP) is 3.05. The number of hydrogen-bond donors (Lipinski definition) is 0. The number of nitrogens with zero attached hydrogens (tertiary/aromatic N) is 1. The molecule has 128 valence electrons. The first-order valence-electron chi connectivity index (χ1n) is 8.06. The van der Waals surface area contributed by atoms with Gasteiger partial charge in [-0.2, -0.15) is 0 Å². The summed E-state index contributed by atoms with van der Waals surface area (Å²) in [6.45, 7) is 3.19. The van der Waals surface area contributed by atoms with Crippen LogP contribution in [0.15, 0.2) is 54.6 Å². The number of ether oxygens (including phenoxy) is 1. The number of amides is 2. The largest absolute Gasteiger partial charge is 0.443 e. The Morgan fingerprint density at radius 3 is 2.00 bits per heavy atom. The summed E-state index contributed by atoms with van der Waals surface area (Å²) >= 11 is 0. The molecule has 3 rings (SSSR count). The molecule has 5 heteroatoms. The van der Waals surface area contributed by atoms with Gasteiger partial charge in [-0.15, -0.1) is 0 Å². The van der Waals surface area contributed by atoms with Crippen molar-refractivity contribution < 1.29 is 19.1 Å². The quantitative estimate of drug-likeness (QED) is 0.621. The van der Waals surface area contributed by atoms with Crippen molar-refractivity contribution in [3.05, 3.63) is 71.3 Å². The van der Waals surface area contributed by atoms with E-state index in [4.69, 9.17) is 4.74 Å². The van der Waals surface area contributed by atoms with Crippen LogP contribution in [0.2, 0.25) is 0 Å². The molecule has 1 aliphatic heterocycles. The lowest BCUT2D eigenvalue weighted by Crippen LogP contribution is -2.37. The minimum absolute atomic E-state index is 0.340. The van der Waals surface area contributed by atoms with Crippen LogP contribution >= 0.6 is 0 Å². The molecule has 0 aromatic heterocycles. The molecule has 0 unspecified atom stereocenters. The van der Waals surface area contributed by atoms with E-state index >= 15 is 0 Å². The smallest absolute Gasteiger partial charge is 0.313 e. The Hall–Kier alpha value is -2.95. The average molecular weight is 337 g/mol. The molecule has 1 heterocycles. The number of fused-ring (bicyclic) bond motifs is 1. The lowest BCUT2D eigenvalue weighted by atomic mass is 9.86. The molecule has 0 fully saturated rings. The molecule has 0 radical (unpaired) electrons. The fraction of sp³-hybridized carbons (Fsp3) is 0.250. The van der Waals surface area contributed by atoms with Gasteiger partial charge in [-0.05, 0) is 38.0 Å². The van der Waals surface area contributed by atoms with E-state index in [0.29, 0.717) is 17.5 Å². The highest BCUT2D eigenvalue weighted by Gasteiger charge is 2.37. The number of benzene rings is 2. The molecule has 0 N–H and O–H groups in total. The molecule has 2 amide bonds. The van der Waals surface area contributed by atoms with Crippen molar-refractivity contribution in [3.8, 4) is 0 Å². The van der Waals surface area contributed by atoms with E-state index in [0.717, 1.165) is 10.5 Å². The van der Waals surface area contributed by atoms with Crippen molar-refractivity contribution in [2.75, 3.05) is 6.73 Å². The Labute approximate surface area is 146 Å². The number of imide groups is 1. The zero-order valence-corrected chi connectivity index (χ0v) is 14.2. The lowest BCUT2D eigenvalue weighted by molar-refractivity contribution is -0.156. The van der Waals surface area contributed by atoms with Gasteiger partial charge in [0.05, 0.1) is 16.5 Å². The maximum Gasteiger partial charge on any atom is 0.313 e. The first-order valence-corrected chi connectivity index (χ1v) is 8.06. The number of rotatable bonds is 5. The van der Waals surface area contributed by atoms with E-state index < -0.39 is 23.2 Å². The number of esters is 1. The van der Waals surface area contributed by atoms with Gasteiger partial charge in [0, 0.05) is 0 Å². The first kappa shape index (κ1) is 16.9. The molecule has 5 nitrogen and oxygen atoms in total. The van der Waals surface area contributed by atoms with E-state index in [-0.39, 0.29) is 6.73 Å². The van der Waals surface area contributed by atoms with E-state index in [1.165, 1.54) is 0 Å². The zero-order valence-electron chi connectivity index (χ0n) is 14.2. The van der Waals surface area contributed by atoms with Gasteiger partial charge in [0.15, 0.2) is 6.73 Å². The molecule has 0 atom stereocenters. The van der Waals surface area contributed by atoms with Gasteiger partial charge in [-0.3, -0.25) is 14.4 Å². The summed E-state index contributed by atoms with van der Waals surface area (Å²) in [5.74, 6) is -1.32. The van der Waals surface area contributed by atoms with Crippen LogP contribution in [0.1, 0.15) is 40.1 Å². The monoisotopic (exact) mass is 337 g/mol. The number of carbonyl (C=O) groups is 3. The van der Waals surface area contributed by atoms with Crippen LogP contribution in [-0.2, 0) is 16.0 Å². The fourth-order valence-corrected chi connectivity index (χ4v) is 2.85. The minimum Gasteiger partial charge on any atom is -0.443 e. The summed E-state index contributed by atoms with van der Waals surface area (Å²) in [4.78, 5) is 37.9. The number of carbonyl (C=O) groups excluding carboxylic acids is 3. The van der Waals surface area contributed by atoms with Gasteiger partial charge in [0.2, 0.25) is 0 Å². The van der Waals surface area contributed by atoms with Crippen molar-refractivity contribution >= 4 is 17.8 Å². The van der Waals surface area contributed by atoms with Gasteiger partial charge in [0.1, 0.15) is 0 Å². The first-order chi connectivity index (χ1) is 11.9. The molecule has 2 aromatic rings. The SMILES string of the molecule is CC(C)(Cc1ccccc1)C(=O)OCN1C(=O)c2ccccc2C1=O. The highest BCUT2D eigenvalue weighted by Crippen LogP contribution is 2.26. The molecule has 0 spiro atoms. The summed E-state index contributed by atoms with van der Waals surface area (Å²) in [6, 6.07) is 16.2. The van der Waals surface area contributed by atoms with Crippen LogP contribution < -0.4 is 0 Å². The van der Waals surface area contributed by atoms with Crippen molar-refractivity contribution in [1.29, 1.82) is 0 Å². The zero-order chi connectivity index (χ0) is 18.0. The maximum absolute atomic E-state index is 12.4. The summed E-state index contributed by atoms with van der Waals surface area (Å²) in [5.41, 5.74) is 0.935. The van der Waals surface area contributed by atoms with E-state index in [1.54, 1.807) is 38.1 Å². The Morgan fingerprint density at radius 2 is 1.44 bits per heavy atom. The van der Waals surface area contributed by atoms with Gasteiger partial charge >= 0.3 is 5.97 Å². The Bertz CT molecular complexity index is 792. The van der Waals surface area contributed by atoms with Gasteiger partial charge in [-0.1, -0.05) is 42.5 Å². The van der Waals surface area contributed by atoms with Crippen molar-refractivity contribution in [2.24, 2.45) is 5.41 Å². The normalized spacial score (nSPS) is 13.8. The summed E-state index contributed by atoms with van der Waals surface area (Å²) < 4.78 is 5.28. The summed E-state index contributed by atoms with van der Waals surface area (Å²) in [5, 5.41) is 0. The third-order valence-electron chi connectivity index (χ3n) is 4.24.